The van der Waals surface area contributed by atoms with Crippen LogP contribution in [0.25, 0.3) is 11.5 Å². The predicted molar refractivity (Wildman–Crippen MR) is 40.7 cm³/mol. The maximum atomic E-state index is 11.0. The minimum absolute atomic E-state index is 0.117. The van der Waals surface area contributed by atoms with Gasteiger partial charge in [-0.3, -0.25) is 9.36 Å². The van der Waals surface area contributed by atoms with Crippen molar-refractivity contribution in [1.82, 2.24) is 19.5 Å². The van der Waals surface area contributed by atoms with Gasteiger partial charge in [-0.2, -0.15) is 0 Å². The summed E-state index contributed by atoms with van der Waals surface area (Å²) in [6.07, 6.45) is 4.41. The van der Waals surface area contributed by atoms with Crippen molar-refractivity contribution in [3.8, 4) is 11.5 Å². The smallest absolute Gasteiger partial charge is 0.230 e. The van der Waals surface area contributed by atoms with Crippen molar-refractivity contribution in [2.24, 2.45) is 0 Å². The molecule has 12 heavy (non-hydrogen) atoms. The van der Waals surface area contributed by atoms with E-state index in [9.17, 15) is 4.79 Å². The van der Waals surface area contributed by atoms with Crippen molar-refractivity contribution in [3.63, 3.8) is 0 Å². The Morgan fingerprint density at radius 2 is 2.33 bits per heavy atom. The molecule has 0 unspecified atom stereocenters. The molecule has 0 saturated carbocycles. The minimum atomic E-state index is -0.117. The van der Waals surface area contributed by atoms with Crippen LogP contribution in [0, 0.1) is 0 Å². The summed E-state index contributed by atoms with van der Waals surface area (Å²) >= 11 is 0. The van der Waals surface area contributed by atoms with Gasteiger partial charge in [0.05, 0.1) is 6.20 Å². The number of hydrogen-bond donors (Lipinski definition) is 0. The van der Waals surface area contributed by atoms with E-state index in [1.165, 1.54) is 24.1 Å². The van der Waals surface area contributed by atoms with Crippen LogP contribution >= 0.6 is 0 Å². The summed E-state index contributed by atoms with van der Waals surface area (Å²) in [5.41, 5.74) is 0.632. The molecule has 60 valence electrons. The zero-order valence-electron chi connectivity index (χ0n) is 6.43. The number of hydrogen-bond acceptors (Lipinski definition) is 4. The Hall–Kier alpha value is -1.78. The summed E-state index contributed by atoms with van der Waals surface area (Å²) in [5.74, 6) is 0.436. The number of aromatic nitrogens is 4. The normalized spacial score (nSPS) is 10.4. The number of fused-ring (bicyclic) bond motifs is 1. The third kappa shape index (κ3) is 0.868. The molecule has 0 saturated heterocycles. The molecule has 0 spiro atoms. The maximum Gasteiger partial charge on any atom is 0.230 e. The second-order valence-electron chi connectivity index (χ2n) is 2.37. The van der Waals surface area contributed by atoms with E-state index < -0.39 is 0 Å². The highest BCUT2D eigenvalue weighted by Gasteiger charge is 2.11. The van der Waals surface area contributed by atoms with Gasteiger partial charge in [-0.15, -0.1) is 0 Å². The molecule has 0 aliphatic carbocycles. The van der Waals surface area contributed by atoms with Gasteiger partial charge in [0.25, 0.3) is 0 Å². The largest absolute Gasteiger partial charge is 0.274 e. The maximum absolute atomic E-state index is 11.0. The van der Waals surface area contributed by atoms with Crippen molar-refractivity contribution in [2.75, 3.05) is 0 Å². The van der Waals surface area contributed by atoms with Crippen LogP contribution in [0.3, 0.4) is 0 Å². The first-order valence-corrected chi connectivity index (χ1v) is 3.43. The lowest BCUT2D eigenvalue weighted by atomic mass is 10.4. The molecule has 0 aromatic carbocycles. The summed E-state index contributed by atoms with van der Waals surface area (Å²) in [7, 11) is 0. The Kier molecular flexibility index (Phi) is 1.36. The molecule has 0 fully saturated rings. The average Bonchev–Trinajstić information content (AvgIpc) is 2.49. The monoisotopic (exact) mass is 162 g/mol. The van der Waals surface area contributed by atoms with Gasteiger partial charge in [0.1, 0.15) is 18.3 Å². The van der Waals surface area contributed by atoms with Gasteiger partial charge in [-0.25, -0.2) is 15.0 Å². The lowest BCUT2D eigenvalue weighted by molar-refractivity contribution is 0.0935. The van der Waals surface area contributed by atoms with E-state index in [0.29, 0.717) is 11.5 Å². The van der Waals surface area contributed by atoms with E-state index in [4.69, 9.17) is 0 Å². The molecule has 5 heteroatoms. The van der Waals surface area contributed by atoms with Gasteiger partial charge in [-0.05, 0) is 0 Å². The molecule has 0 aromatic rings. The van der Waals surface area contributed by atoms with Gasteiger partial charge in [0, 0.05) is 6.92 Å². The first kappa shape index (κ1) is 6.90. The molecule has 2 heterocycles. The van der Waals surface area contributed by atoms with Crippen LogP contribution in [0.2, 0.25) is 0 Å². The fourth-order valence-electron chi connectivity index (χ4n) is 1.00. The lowest BCUT2D eigenvalue weighted by Crippen LogP contribution is -2.10. The summed E-state index contributed by atoms with van der Waals surface area (Å²) in [6.45, 7) is 1.45. The SMILES string of the molecule is CC(=O)n1cncc2ncnc1-2. The van der Waals surface area contributed by atoms with Gasteiger partial charge in [0.15, 0.2) is 5.82 Å². The molecule has 0 radical (unpaired) electrons. The zero-order valence-corrected chi connectivity index (χ0v) is 6.43. The van der Waals surface area contributed by atoms with Gasteiger partial charge >= 0.3 is 0 Å². The first-order chi connectivity index (χ1) is 5.79. The van der Waals surface area contributed by atoms with E-state index >= 15 is 0 Å². The Bertz CT molecular complexity index is 394. The van der Waals surface area contributed by atoms with E-state index in [-0.39, 0.29) is 5.91 Å². The van der Waals surface area contributed by atoms with Crippen LogP contribution < -0.4 is 0 Å². The molecule has 0 amide bonds. The third-order valence-corrected chi connectivity index (χ3v) is 1.55. The first-order valence-electron chi connectivity index (χ1n) is 3.43. The van der Waals surface area contributed by atoms with Gasteiger partial charge in [0.2, 0.25) is 5.91 Å². The molecule has 0 aromatic heterocycles. The summed E-state index contributed by atoms with van der Waals surface area (Å²) in [6, 6.07) is 0. The number of carbonyl (C=O) groups excluding carboxylic acids is 1. The molecule has 5 nitrogen and oxygen atoms in total. The third-order valence-electron chi connectivity index (χ3n) is 1.55. The van der Waals surface area contributed by atoms with Gasteiger partial charge < -0.3 is 0 Å². The van der Waals surface area contributed by atoms with Crippen molar-refractivity contribution in [3.05, 3.63) is 18.9 Å². The molecule has 0 N–H and O–H groups in total. The quantitative estimate of drug-likeness (QED) is 0.563. The Morgan fingerprint density at radius 1 is 1.50 bits per heavy atom. The molecular formula is C7H6N4O. The van der Waals surface area contributed by atoms with Crippen LogP contribution in [0.15, 0.2) is 18.9 Å². The minimum Gasteiger partial charge on any atom is -0.274 e. The Morgan fingerprint density at radius 3 is 3.08 bits per heavy atom. The van der Waals surface area contributed by atoms with Crippen molar-refractivity contribution in [1.29, 1.82) is 0 Å². The number of rotatable bonds is 0. The molecule has 2 rings (SSSR count). The van der Waals surface area contributed by atoms with Crippen LogP contribution in [-0.4, -0.2) is 25.4 Å². The van der Waals surface area contributed by atoms with Crippen molar-refractivity contribution in [2.45, 2.75) is 6.92 Å². The standard InChI is InChI=1S/C7H6N4O/c1-5(12)11-4-8-2-6-7(11)10-3-9-6/h2-4H,1H3. The highest BCUT2D eigenvalue weighted by atomic mass is 16.1. The summed E-state index contributed by atoms with van der Waals surface area (Å²) in [5, 5.41) is 0. The van der Waals surface area contributed by atoms with Crippen molar-refractivity contribution < 1.29 is 4.79 Å². The number of nitrogens with zero attached hydrogens (tertiary/aromatic N) is 4. The molecule has 0 atom stereocenters. The number of imidazole rings is 1. The van der Waals surface area contributed by atoms with Crippen LogP contribution in [-0.2, 0) is 0 Å². The summed E-state index contributed by atoms with van der Waals surface area (Å²) < 4.78 is 1.36. The summed E-state index contributed by atoms with van der Waals surface area (Å²) in [4.78, 5) is 22.7. The second-order valence-corrected chi connectivity index (χ2v) is 2.37. The van der Waals surface area contributed by atoms with E-state index in [0.717, 1.165) is 0 Å². The topological polar surface area (TPSA) is 60.7 Å². The zero-order chi connectivity index (χ0) is 8.55. The highest BCUT2D eigenvalue weighted by Crippen LogP contribution is 2.13. The second kappa shape index (κ2) is 2.37. The highest BCUT2D eigenvalue weighted by molar-refractivity contribution is 5.80. The van der Waals surface area contributed by atoms with E-state index in [2.05, 4.69) is 15.0 Å². The fraction of sp³-hybridized carbons (Fsp3) is 0.143. The predicted octanol–water partition coefficient (Wildman–Crippen LogP) is 0.438. The van der Waals surface area contributed by atoms with E-state index in [1.54, 1.807) is 6.20 Å². The Labute approximate surface area is 68.4 Å². The molecule has 2 aliphatic rings. The van der Waals surface area contributed by atoms with Crippen LogP contribution in [0.4, 0.5) is 0 Å². The fourth-order valence-corrected chi connectivity index (χ4v) is 1.00. The van der Waals surface area contributed by atoms with Gasteiger partial charge in [-0.1, -0.05) is 0 Å². The average molecular weight is 162 g/mol. The number of carbonyl (C=O) groups is 1. The van der Waals surface area contributed by atoms with Crippen LogP contribution in [0.1, 0.15) is 11.7 Å². The molecular weight excluding hydrogens is 156 g/mol. The Balaban J connectivity index is 2.71. The van der Waals surface area contributed by atoms with E-state index in [1.807, 2.05) is 0 Å². The van der Waals surface area contributed by atoms with Crippen LogP contribution in [0.5, 0.6) is 0 Å². The molecule has 2 aliphatic heterocycles. The lowest BCUT2D eigenvalue weighted by Gasteiger charge is -2.03. The van der Waals surface area contributed by atoms with Crippen molar-refractivity contribution >= 4 is 5.91 Å². The molecule has 0 bridgehead atoms.